The van der Waals surface area contributed by atoms with Crippen molar-refractivity contribution in [2.45, 2.75) is 43.4 Å². The van der Waals surface area contributed by atoms with Crippen molar-refractivity contribution in [2.24, 2.45) is 27.9 Å². The minimum absolute atomic E-state index is 0.0737. The number of amidine groups is 1. The summed E-state index contributed by atoms with van der Waals surface area (Å²) >= 11 is 0. The van der Waals surface area contributed by atoms with Crippen molar-refractivity contribution in [3.05, 3.63) is 65.5 Å². The molecule has 3 amide bonds. The number of hydrogen-bond acceptors (Lipinski definition) is 8. The van der Waals surface area contributed by atoms with Crippen LogP contribution in [0.3, 0.4) is 0 Å². The van der Waals surface area contributed by atoms with Crippen LogP contribution in [0.25, 0.3) is 0 Å². The molecule has 0 aliphatic heterocycles. The number of carbonyl (C=O) groups excluding carboxylic acids is 3. The average molecular weight is 626 g/mol. The van der Waals surface area contributed by atoms with Crippen molar-refractivity contribution < 1.29 is 42.6 Å². The number of aromatic nitrogens is 1. The highest BCUT2D eigenvalue weighted by Gasteiger charge is 2.38. The molecule has 1 aromatic carbocycles. The summed E-state index contributed by atoms with van der Waals surface area (Å²) in [5, 5.41) is 29.5. The number of nitrogen functional groups attached to an aromatic ring is 1. The Labute approximate surface area is 249 Å². The van der Waals surface area contributed by atoms with Crippen LogP contribution >= 0.6 is 0 Å². The molecule has 44 heavy (non-hydrogen) atoms. The van der Waals surface area contributed by atoms with Gasteiger partial charge < -0.3 is 43.8 Å². The number of aliphatic hydroxyl groups excluding tert-OH is 1. The average Bonchev–Trinajstić information content (AvgIpc) is 2.96. The predicted octanol–water partition coefficient (Wildman–Crippen LogP) is -1.17. The van der Waals surface area contributed by atoms with Gasteiger partial charge in [-0.05, 0) is 36.5 Å². The molecule has 0 aliphatic rings. The quantitative estimate of drug-likeness (QED) is 0.0688. The zero-order valence-corrected chi connectivity index (χ0v) is 23.3. The van der Waals surface area contributed by atoms with Crippen LogP contribution < -0.4 is 33.6 Å². The number of hydrogen-bond donors (Lipinski definition) is 9. The van der Waals surface area contributed by atoms with Gasteiger partial charge in [0.05, 0.1) is 12.5 Å². The van der Waals surface area contributed by atoms with Crippen LogP contribution in [0.15, 0.2) is 53.8 Å². The number of halogens is 3. The second-order valence-electron chi connectivity index (χ2n) is 9.11. The molecule has 2 rings (SSSR count). The number of primary amides is 1. The second kappa shape index (κ2) is 17.6. The molecule has 15 nitrogen and oxygen atoms in total. The molecule has 0 spiro atoms. The number of carboxylic acids is 1. The van der Waals surface area contributed by atoms with Crippen LogP contribution in [-0.2, 0) is 25.6 Å². The molecule has 0 radical (unpaired) electrons. The van der Waals surface area contributed by atoms with Gasteiger partial charge >= 0.3 is 12.1 Å². The summed E-state index contributed by atoms with van der Waals surface area (Å²) < 4.78 is 31.7. The van der Waals surface area contributed by atoms with Crippen molar-refractivity contribution in [3.8, 4) is 0 Å². The summed E-state index contributed by atoms with van der Waals surface area (Å²) in [6.07, 6.45) is -1.18. The van der Waals surface area contributed by atoms with Crippen molar-refractivity contribution in [1.29, 1.82) is 5.41 Å². The monoisotopic (exact) mass is 625 g/mol. The van der Waals surface area contributed by atoms with Crippen molar-refractivity contribution in [3.63, 3.8) is 0 Å². The molecule has 3 atom stereocenters. The second-order valence-corrected chi connectivity index (χ2v) is 9.11. The van der Waals surface area contributed by atoms with Crippen LogP contribution in [0.1, 0.15) is 35.4 Å². The van der Waals surface area contributed by atoms with Gasteiger partial charge in [-0.25, -0.2) is 4.79 Å². The molecule has 0 aliphatic carbocycles. The SMILES string of the molecule is N=C(N)c1ccc(C[C@H](C(=O)N[C@@H](CO)C(=O)NC(CCCN=C(N)N)C(N)=O)c2cccnc2)cc1.O=C(O)C(F)(F)F. The fourth-order valence-electron chi connectivity index (χ4n) is 3.53. The van der Waals surface area contributed by atoms with Gasteiger partial charge in [0.2, 0.25) is 17.7 Å². The van der Waals surface area contributed by atoms with Gasteiger partial charge in [0, 0.05) is 24.5 Å². The molecule has 0 bridgehead atoms. The number of amides is 3. The third-order valence-electron chi connectivity index (χ3n) is 5.77. The molecule has 1 unspecified atom stereocenters. The lowest BCUT2D eigenvalue weighted by atomic mass is 9.91. The number of nitrogens with zero attached hydrogens (tertiary/aromatic N) is 2. The Bertz CT molecular complexity index is 1300. The molecule has 0 saturated heterocycles. The minimum Gasteiger partial charge on any atom is -0.475 e. The van der Waals surface area contributed by atoms with E-state index in [1.165, 1.54) is 0 Å². The summed E-state index contributed by atoms with van der Waals surface area (Å²) in [5.41, 5.74) is 23.4. The molecule has 13 N–H and O–H groups in total. The molecule has 2 aromatic rings. The Morgan fingerprint density at radius 2 is 1.57 bits per heavy atom. The Hall–Kier alpha value is -5.26. The number of nitrogens with two attached hydrogens (primary N) is 4. The predicted molar refractivity (Wildman–Crippen MR) is 152 cm³/mol. The summed E-state index contributed by atoms with van der Waals surface area (Å²) in [5.74, 6) is -5.74. The number of alkyl halides is 3. The van der Waals surface area contributed by atoms with E-state index in [0.717, 1.165) is 5.56 Å². The lowest BCUT2D eigenvalue weighted by Gasteiger charge is -2.23. The van der Waals surface area contributed by atoms with Crippen molar-refractivity contribution in [1.82, 2.24) is 15.6 Å². The minimum atomic E-state index is -5.08. The summed E-state index contributed by atoms with van der Waals surface area (Å²) in [7, 11) is 0. The highest BCUT2D eigenvalue weighted by atomic mass is 19.4. The third-order valence-corrected chi connectivity index (χ3v) is 5.77. The maximum Gasteiger partial charge on any atom is 0.490 e. The van der Waals surface area contributed by atoms with Crippen LogP contribution in [0.2, 0.25) is 0 Å². The van der Waals surface area contributed by atoms with Crippen molar-refractivity contribution >= 4 is 35.5 Å². The molecule has 18 heteroatoms. The molecule has 1 heterocycles. The first kappa shape index (κ1) is 36.8. The number of carbonyl (C=O) groups is 4. The van der Waals surface area contributed by atoms with Crippen molar-refractivity contribution in [2.75, 3.05) is 13.2 Å². The van der Waals surface area contributed by atoms with Gasteiger partial charge in [0.15, 0.2) is 5.96 Å². The normalized spacial score (nSPS) is 12.7. The van der Waals surface area contributed by atoms with E-state index in [4.69, 9.17) is 38.2 Å². The van der Waals surface area contributed by atoms with Gasteiger partial charge in [-0.2, -0.15) is 13.2 Å². The maximum absolute atomic E-state index is 13.3. The highest BCUT2D eigenvalue weighted by Crippen LogP contribution is 2.21. The molecular formula is C26H34F3N9O6. The number of guanidine groups is 1. The number of rotatable bonds is 14. The topological polar surface area (TPSA) is 286 Å². The summed E-state index contributed by atoms with van der Waals surface area (Å²) in [6, 6.07) is 7.91. The number of aliphatic imine (C=N–C) groups is 1. The maximum atomic E-state index is 13.3. The third kappa shape index (κ3) is 13.1. The zero-order chi connectivity index (χ0) is 33.4. The number of benzene rings is 1. The first-order valence-corrected chi connectivity index (χ1v) is 12.8. The van der Waals surface area contributed by atoms with E-state index in [1.54, 1.807) is 48.8 Å². The number of aliphatic hydroxyl groups is 1. The van der Waals surface area contributed by atoms with Gasteiger partial charge in [-0.3, -0.25) is 29.8 Å². The van der Waals surface area contributed by atoms with Crippen LogP contribution in [0.4, 0.5) is 13.2 Å². The lowest BCUT2D eigenvalue weighted by Crippen LogP contribution is -2.55. The Morgan fingerprint density at radius 3 is 2.02 bits per heavy atom. The van der Waals surface area contributed by atoms with Crippen LogP contribution in [0, 0.1) is 5.41 Å². The lowest BCUT2D eigenvalue weighted by molar-refractivity contribution is -0.192. The molecule has 1 aromatic heterocycles. The van der Waals surface area contributed by atoms with Gasteiger partial charge in [-0.1, -0.05) is 30.3 Å². The van der Waals surface area contributed by atoms with Gasteiger partial charge in [0.1, 0.15) is 17.9 Å². The fraction of sp³-hybridized carbons (Fsp3) is 0.346. The highest BCUT2D eigenvalue weighted by molar-refractivity contribution is 5.95. The number of pyridine rings is 1. The number of aliphatic carboxylic acids is 1. The number of nitrogens with one attached hydrogen (secondary N) is 3. The first-order valence-electron chi connectivity index (χ1n) is 12.8. The summed E-state index contributed by atoms with van der Waals surface area (Å²) in [6.45, 7) is -0.466. The van der Waals surface area contributed by atoms with Crippen LogP contribution in [-0.4, -0.2) is 82.1 Å². The molecule has 0 saturated carbocycles. The van der Waals surface area contributed by atoms with E-state index >= 15 is 0 Å². The Kier molecular flexibility index (Phi) is 14.7. The van der Waals surface area contributed by atoms with E-state index in [0.29, 0.717) is 17.5 Å². The van der Waals surface area contributed by atoms with E-state index in [-0.39, 0.29) is 31.2 Å². The van der Waals surface area contributed by atoms with E-state index in [9.17, 15) is 32.7 Å². The van der Waals surface area contributed by atoms with E-state index in [1.807, 2.05) is 0 Å². The van der Waals surface area contributed by atoms with Gasteiger partial charge in [-0.15, -0.1) is 0 Å². The van der Waals surface area contributed by atoms with Gasteiger partial charge in [0.25, 0.3) is 0 Å². The standard InChI is InChI=1S/C24H33N9O4.C2HF3O2/c25-20(26)15-7-5-14(6-8-15)11-17(16-3-1-9-30-12-16)22(36)33-19(13-34)23(37)32-18(21(27)35)4-2-10-31-24(28)29;3-2(4,5)1(6)7/h1,3,5-9,12,17-19,34H,2,4,10-11,13H2,(H3,25,26)(H2,27,35)(H,32,37)(H,33,36)(H4,28,29,31);(H,6,7)/t17-,18?,19-;/m0./s1. The molecular weight excluding hydrogens is 591 g/mol. The molecule has 240 valence electrons. The zero-order valence-electron chi connectivity index (χ0n) is 23.3. The van der Waals surface area contributed by atoms with Crippen LogP contribution in [0.5, 0.6) is 0 Å². The van der Waals surface area contributed by atoms with E-state index in [2.05, 4.69) is 20.6 Å². The first-order chi connectivity index (χ1) is 20.6. The van der Waals surface area contributed by atoms with E-state index < -0.39 is 54.5 Å². The fourth-order valence-corrected chi connectivity index (χ4v) is 3.53. The molecule has 0 fully saturated rings. The summed E-state index contributed by atoms with van der Waals surface area (Å²) in [4.78, 5) is 54.6. The smallest absolute Gasteiger partial charge is 0.475 e. The Balaban J connectivity index is 0.00000123. The Morgan fingerprint density at radius 1 is 0.977 bits per heavy atom. The number of carboxylic acid groups (broad SMARTS) is 1. The largest absolute Gasteiger partial charge is 0.490 e.